The first-order valence-corrected chi connectivity index (χ1v) is 15.5. The summed E-state index contributed by atoms with van der Waals surface area (Å²) in [6.07, 6.45) is 4.31. The third-order valence-corrected chi connectivity index (χ3v) is 10.6. The summed E-state index contributed by atoms with van der Waals surface area (Å²) in [6, 6.07) is 22.7. The first kappa shape index (κ1) is 28.2. The monoisotopic (exact) mass is 585 g/mol. The van der Waals surface area contributed by atoms with Gasteiger partial charge in [-0.25, -0.2) is 0 Å². The van der Waals surface area contributed by atoms with Crippen LogP contribution in [-0.4, -0.2) is 39.9 Å². The molecule has 2 fully saturated rings. The minimum absolute atomic E-state index is 0.123. The molecule has 2 amide bonds. The molecule has 3 aromatic rings. The number of hydrogen-bond donors (Lipinski definition) is 1. The van der Waals surface area contributed by atoms with Crippen molar-refractivity contribution in [3.05, 3.63) is 118 Å². The number of aromatic hydroxyl groups is 1. The van der Waals surface area contributed by atoms with E-state index >= 15 is 0 Å². The molecular formula is C38H35NO5. The van der Waals surface area contributed by atoms with Crippen LogP contribution >= 0.6 is 0 Å². The van der Waals surface area contributed by atoms with Crippen LogP contribution in [0.3, 0.4) is 0 Å². The zero-order chi connectivity index (χ0) is 30.9. The summed E-state index contributed by atoms with van der Waals surface area (Å²) in [6.45, 7) is 5.79. The lowest BCUT2D eigenvalue weighted by atomic mass is 9.44. The molecule has 0 spiro atoms. The normalized spacial score (nSPS) is 29.5. The number of likely N-dealkylation sites (tertiary alicyclic amines) is 1. The molecule has 7 rings (SSSR count). The van der Waals surface area contributed by atoms with Gasteiger partial charge in [-0.2, -0.15) is 0 Å². The van der Waals surface area contributed by atoms with Gasteiger partial charge in [-0.3, -0.25) is 24.1 Å². The van der Waals surface area contributed by atoms with Crippen molar-refractivity contribution < 1.29 is 24.3 Å². The van der Waals surface area contributed by atoms with Crippen LogP contribution in [0.25, 0.3) is 5.57 Å². The number of phenolic OH excluding ortho intramolecular Hbond substituents is 1. The van der Waals surface area contributed by atoms with E-state index in [0.717, 1.165) is 16.7 Å². The summed E-state index contributed by atoms with van der Waals surface area (Å²) in [5.74, 6) is -3.18. The van der Waals surface area contributed by atoms with E-state index in [2.05, 4.69) is 6.08 Å². The summed E-state index contributed by atoms with van der Waals surface area (Å²) < 4.78 is 0. The summed E-state index contributed by atoms with van der Waals surface area (Å²) in [5.41, 5.74) is 3.67. The molecule has 3 aromatic carbocycles. The van der Waals surface area contributed by atoms with Crippen molar-refractivity contribution in [1.82, 2.24) is 4.90 Å². The van der Waals surface area contributed by atoms with E-state index in [1.165, 1.54) is 11.0 Å². The number of aryl methyl sites for hydroxylation is 2. The maximum atomic E-state index is 15.0. The lowest BCUT2D eigenvalue weighted by molar-refractivity contribution is -0.140. The number of ketones is 2. The predicted molar refractivity (Wildman–Crippen MR) is 167 cm³/mol. The van der Waals surface area contributed by atoms with Crippen LogP contribution in [0.15, 0.2) is 90.5 Å². The number of amides is 2. The van der Waals surface area contributed by atoms with Crippen molar-refractivity contribution in [2.45, 2.75) is 44.9 Å². The van der Waals surface area contributed by atoms with Crippen LogP contribution in [0.2, 0.25) is 0 Å². The molecule has 0 aromatic heterocycles. The standard InChI is InChI=1S/C38H35NO5/c1-4-39-36(43)27-16-15-26-29(32(27)37(39)44)19-30-35(42)28(23-11-7-5-8-12-23)20-31(40)38(30,25-13-9-6-10-14-25)33(26)24-17-21(2)34(41)22(3)18-24/h5-15,17-18,20,27,29-30,32-33,41H,4,16,19H2,1-3H3/t27-,29+,30-,32-,33-,38-/m0/s1. The highest BCUT2D eigenvalue weighted by Crippen LogP contribution is 2.63. The molecule has 44 heavy (non-hydrogen) atoms. The molecule has 1 saturated carbocycles. The first-order chi connectivity index (χ1) is 21.2. The van der Waals surface area contributed by atoms with E-state index in [-0.39, 0.29) is 35.0 Å². The van der Waals surface area contributed by atoms with Crippen molar-refractivity contribution in [3.8, 4) is 5.75 Å². The largest absolute Gasteiger partial charge is 0.507 e. The number of rotatable bonds is 4. The number of carbonyl (C=O) groups is 4. The maximum Gasteiger partial charge on any atom is 0.233 e. The molecule has 3 aliphatic carbocycles. The van der Waals surface area contributed by atoms with E-state index in [9.17, 15) is 24.3 Å². The highest BCUT2D eigenvalue weighted by molar-refractivity contribution is 6.31. The Morgan fingerprint density at radius 3 is 2.14 bits per heavy atom. The van der Waals surface area contributed by atoms with Gasteiger partial charge in [-0.15, -0.1) is 0 Å². The number of phenols is 1. The summed E-state index contributed by atoms with van der Waals surface area (Å²) in [4.78, 5) is 58.4. The van der Waals surface area contributed by atoms with Gasteiger partial charge >= 0.3 is 0 Å². The number of nitrogens with zero attached hydrogens (tertiary/aromatic N) is 1. The van der Waals surface area contributed by atoms with Crippen molar-refractivity contribution >= 4 is 29.0 Å². The van der Waals surface area contributed by atoms with Crippen LogP contribution in [0, 0.1) is 37.5 Å². The van der Waals surface area contributed by atoms with Gasteiger partial charge in [-0.1, -0.05) is 84.4 Å². The first-order valence-electron chi connectivity index (χ1n) is 15.5. The minimum Gasteiger partial charge on any atom is -0.507 e. The number of carbonyl (C=O) groups excluding carboxylic acids is 4. The summed E-state index contributed by atoms with van der Waals surface area (Å²) >= 11 is 0. The Bertz CT molecular complexity index is 1770. The number of hydrogen-bond acceptors (Lipinski definition) is 5. The molecule has 1 N–H and O–H groups in total. The van der Waals surface area contributed by atoms with Crippen molar-refractivity contribution in [2.75, 3.05) is 6.54 Å². The highest BCUT2D eigenvalue weighted by Gasteiger charge is 2.65. The molecular weight excluding hydrogens is 550 g/mol. The minimum atomic E-state index is -1.27. The maximum absolute atomic E-state index is 15.0. The SMILES string of the molecule is CCN1C(=O)[C@H]2[C@H](CC=C3[C@H]2C[C@H]2C(=O)C(c4ccccc4)=CC(=O)[C@@]2(c2ccccc2)[C@H]3c2cc(C)c(O)c(C)c2)C1=O. The van der Waals surface area contributed by atoms with E-state index in [1.807, 2.05) is 93.6 Å². The van der Waals surface area contributed by atoms with Crippen LogP contribution in [-0.2, 0) is 24.6 Å². The lowest BCUT2D eigenvalue weighted by Crippen LogP contribution is -2.58. The van der Waals surface area contributed by atoms with E-state index in [1.54, 1.807) is 0 Å². The molecule has 0 bridgehead atoms. The predicted octanol–water partition coefficient (Wildman–Crippen LogP) is 5.85. The molecule has 6 nitrogen and oxygen atoms in total. The zero-order valence-electron chi connectivity index (χ0n) is 25.1. The fourth-order valence-electron chi connectivity index (χ4n) is 8.78. The highest BCUT2D eigenvalue weighted by atomic mass is 16.3. The molecule has 4 aliphatic rings. The van der Waals surface area contributed by atoms with Gasteiger partial charge < -0.3 is 5.11 Å². The number of allylic oxidation sites excluding steroid dienone is 4. The third-order valence-electron chi connectivity index (χ3n) is 10.6. The molecule has 1 aliphatic heterocycles. The zero-order valence-corrected chi connectivity index (χ0v) is 25.1. The van der Waals surface area contributed by atoms with Crippen molar-refractivity contribution in [1.29, 1.82) is 0 Å². The summed E-state index contributed by atoms with van der Waals surface area (Å²) in [5, 5.41) is 10.7. The Kier molecular flexibility index (Phi) is 6.58. The van der Waals surface area contributed by atoms with E-state index in [4.69, 9.17) is 0 Å². The van der Waals surface area contributed by atoms with Crippen LogP contribution in [0.5, 0.6) is 5.75 Å². The molecule has 6 atom stereocenters. The Balaban J connectivity index is 1.53. The molecule has 0 radical (unpaired) electrons. The summed E-state index contributed by atoms with van der Waals surface area (Å²) in [7, 11) is 0. The van der Waals surface area contributed by atoms with Gasteiger partial charge in [0.05, 0.1) is 17.3 Å². The van der Waals surface area contributed by atoms with Crippen LogP contribution in [0.4, 0.5) is 0 Å². The Morgan fingerprint density at radius 2 is 1.50 bits per heavy atom. The van der Waals surface area contributed by atoms with Gasteiger partial charge in [0.1, 0.15) is 5.75 Å². The second kappa shape index (κ2) is 10.3. The molecule has 6 heteroatoms. The van der Waals surface area contributed by atoms with Gasteiger partial charge in [0, 0.05) is 24.0 Å². The van der Waals surface area contributed by atoms with Crippen molar-refractivity contribution in [3.63, 3.8) is 0 Å². The van der Waals surface area contributed by atoms with Gasteiger partial charge in [-0.05, 0) is 73.4 Å². The number of imide groups is 1. The molecule has 0 unspecified atom stereocenters. The van der Waals surface area contributed by atoms with E-state index < -0.39 is 29.1 Å². The molecule has 1 saturated heterocycles. The Labute approximate surface area is 257 Å². The van der Waals surface area contributed by atoms with Gasteiger partial charge in [0.25, 0.3) is 0 Å². The second-order valence-corrected chi connectivity index (χ2v) is 12.7. The lowest BCUT2D eigenvalue weighted by Gasteiger charge is -2.55. The molecule has 1 heterocycles. The Hall–Kier alpha value is -4.58. The fraction of sp³-hybridized carbons (Fsp3) is 0.316. The van der Waals surface area contributed by atoms with Crippen LogP contribution in [0.1, 0.15) is 53.5 Å². The molecule has 222 valence electrons. The van der Waals surface area contributed by atoms with Gasteiger partial charge in [0.2, 0.25) is 11.8 Å². The van der Waals surface area contributed by atoms with Gasteiger partial charge in [0.15, 0.2) is 11.6 Å². The average molecular weight is 586 g/mol. The average Bonchev–Trinajstić information content (AvgIpc) is 3.29. The Morgan fingerprint density at radius 1 is 0.864 bits per heavy atom. The number of Topliss-reactive ketones (excluding diaryl/α,β-unsaturated/α-hetero) is 1. The number of benzene rings is 3. The van der Waals surface area contributed by atoms with Crippen LogP contribution < -0.4 is 0 Å². The topological polar surface area (TPSA) is 91.8 Å². The second-order valence-electron chi connectivity index (χ2n) is 12.7. The quantitative estimate of drug-likeness (QED) is 0.306. The fourth-order valence-corrected chi connectivity index (χ4v) is 8.78. The third kappa shape index (κ3) is 3.79. The van der Waals surface area contributed by atoms with Crippen molar-refractivity contribution in [2.24, 2.45) is 23.7 Å². The smallest absolute Gasteiger partial charge is 0.233 e. The number of fused-ring (bicyclic) bond motifs is 4. The van der Waals surface area contributed by atoms with E-state index in [0.29, 0.717) is 41.6 Å².